The first kappa shape index (κ1) is 37.5. The predicted octanol–water partition coefficient (Wildman–Crippen LogP) is 6.96. The van der Waals surface area contributed by atoms with E-state index < -0.39 is 46.3 Å². The van der Waals surface area contributed by atoms with Crippen LogP contribution in [0.2, 0.25) is 0 Å². The highest BCUT2D eigenvalue weighted by molar-refractivity contribution is 8.23. The zero-order valence-electron chi connectivity index (χ0n) is 28.4. The van der Waals surface area contributed by atoms with Crippen molar-refractivity contribution in [2.24, 2.45) is 0 Å². The lowest BCUT2D eigenvalue weighted by Gasteiger charge is -2.42. The molecular formula is C37H49F2N3O5S. The number of aryl methyl sites for hydroxylation is 1. The second-order valence-electron chi connectivity index (χ2n) is 13.2. The Labute approximate surface area is 284 Å². The van der Waals surface area contributed by atoms with Gasteiger partial charge in [0.05, 0.1) is 29.7 Å². The highest BCUT2D eigenvalue weighted by Crippen LogP contribution is 2.51. The van der Waals surface area contributed by atoms with Crippen LogP contribution in [0.4, 0.5) is 8.78 Å². The van der Waals surface area contributed by atoms with Crippen molar-refractivity contribution in [1.29, 1.82) is 0 Å². The monoisotopic (exact) mass is 685 g/mol. The molecule has 8 nitrogen and oxygen atoms in total. The third-order valence-electron chi connectivity index (χ3n) is 8.63. The van der Waals surface area contributed by atoms with Crippen LogP contribution < -0.4 is 10.6 Å². The highest BCUT2D eigenvalue weighted by Gasteiger charge is 2.32. The zero-order chi connectivity index (χ0) is 35.2. The smallest absolute Gasteiger partial charge is 0.253 e. The van der Waals surface area contributed by atoms with Gasteiger partial charge in [0.25, 0.3) is 11.8 Å². The lowest BCUT2D eigenvalue weighted by atomic mass is 9.94. The maximum Gasteiger partial charge on any atom is 0.253 e. The standard InChI is InChI=1S/C37H49F2N3O5S/c1-6-10-42(11-7-2)37(45)29-13-24(5)12-28(17-29)36(44)41-33(16-25-14-30(38)19-31(39)15-25)35(43)20-40-34-22-48(46,47)21-27-9-8-26(23(3)4)18-32(27)34/h8-9,12-15,17-19,23,33-35,40,43,46-47H,6-7,10-11,16,20-22H2,1-5H3,(H,41,44)/t33-,34-,35+/m0/s1. The van der Waals surface area contributed by atoms with Crippen molar-refractivity contribution in [1.82, 2.24) is 15.5 Å². The Hall–Kier alpha value is -3.35. The van der Waals surface area contributed by atoms with E-state index >= 15 is 0 Å². The molecule has 0 unspecified atom stereocenters. The molecule has 0 bridgehead atoms. The molecular weight excluding hydrogens is 636 g/mol. The van der Waals surface area contributed by atoms with Crippen LogP contribution in [0, 0.1) is 18.6 Å². The van der Waals surface area contributed by atoms with Crippen LogP contribution in [0.15, 0.2) is 54.6 Å². The summed E-state index contributed by atoms with van der Waals surface area (Å²) >= 11 is 0. The SMILES string of the molecule is CCCN(CCC)C(=O)c1cc(C)cc(C(=O)N[C@@H](Cc2cc(F)cc(F)c2)[C@H](O)CN[C@H]2CS(O)(O)Cc3ccc(C(C)C)cc32)c1. The summed E-state index contributed by atoms with van der Waals surface area (Å²) < 4.78 is 49.7. The van der Waals surface area contributed by atoms with E-state index in [1.807, 2.05) is 32.0 Å². The number of fused-ring (bicyclic) bond motifs is 1. The van der Waals surface area contributed by atoms with E-state index in [1.54, 1.807) is 24.0 Å². The molecule has 0 radical (unpaired) electrons. The first-order chi connectivity index (χ1) is 22.7. The van der Waals surface area contributed by atoms with E-state index in [0.717, 1.165) is 47.7 Å². The molecule has 1 heterocycles. The predicted molar refractivity (Wildman–Crippen MR) is 188 cm³/mol. The second-order valence-corrected chi connectivity index (χ2v) is 15.4. The number of nitrogens with one attached hydrogen (secondary N) is 2. The summed E-state index contributed by atoms with van der Waals surface area (Å²) in [5, 5.41) is 17.6. The van der Waals surface area contributed by atoms with Gasteiger partial charge in [-0.1, -0.05) is 45.9 Å². The van der Waals surface area contributed by atoms with Gasteiger partial charge in [0, 0.05) is 36.8 Å². The van der Waals surface area contributed by atoms with E-state index in [0.29, 0.717) is 24.2 Å². The molecule has 0 spiro atoms. The van der Waals surface area contributed by atoms with Crippen molar-refractivity contribution < 1.29 is 32.6 Å². The lowest BCUT2D eigenvalue weighted by Crippen LogP contribution is -2.49. The summed E-state index contributed by atoms with van der Waals surface area (Å²) in [6, 6.07) is 12.5. The molecule has 1 aliphatic heterocycles. The molecule has 0 aliphatic carbocycles. The van der Waals surface area contributed by atoms with Crippen molar-refractivity contribution >= 4 is 22.4 Å². The largest absolute Gasteiger partial charge is 0.390 e. The average Bonchev–Trinajstić information content (AvgIpc) is 3.01. The van der Waals surface area contributed by atoms with Gasteiger partial charge in [0.15, 0.2) is 0 Å². The molecule has 5 N–H and O–H groups in total. The van der Waals surface area contributed by atoms with Gasteiger partial charge >= 0.3 is 0 Å². The minimum Gasteiger partial charge on any atom is -0.390 e. The van der Waals surface area contributed by atoms with Gasteiger partial charge in [0.2, 0.25) is 0 Å². The van der Waals surface area contributed by atoms with Crippen molar-refractivity contribution in [2.75, 3.05) is 25.4 Å². The van der Waals surface area contributed by atoms with E-state index in [1.165, 1.54) is 6.07 Å². The van der Waals surface area contributed by atoms with Gasteiger partial charge in [-0.3, -0.25) is 18.7 Å². The molecule has 0 saturated heterocycles. The van der Waals surface area contributed by atoms with Crippen LogP contribution in [-0.2, 0) is 12.2 Å². The van der Waals surface area contributed by atoms with Gasteiger partial charge in [-0.25, -0.2) is 8.78 Å². The van der Waals surface area contributed by atoms with E-state index in [2.05, 4.69) is 24.5 Å². The molecule has 0 aromatic heterocycles. The third-order valence-corrected chi connectivity index (χ3v) is 10.3. The molecule has 3 aromatic carbocycles. The van der Waals surface area contributed by atoms with Crippen molar-refractivity contribution in [2.45, 2.75) is 83.7 Å². The van der Waals surface area contributed by atoms with E-state index in [4.69, 9.17) is 0 Å². The normalized spacial score (nSPS) is 17.4. The third kappa shape index (κ3) is 9.85. The van der Waals surface area contributed by atoms with Crippen LogP contribution in [0.3, 0.4) is 0 Å². The number of carbonyl (C=O) groups excluding carboxylic acids is 2. The molecule has 0 saturated carbocycles. The number of rotatable bonds is 14. The minimum absolute atomic E-state index is 0.0607. The summed E-state index contributed by atoms with van der Waals surface area (Å²) in [5.74, 6) is -1.81. The van der Waals surface area contributed by atoms with Crippen LogP contribution in [0.25, 0.3) is 0 Å². The molecule has 2 amide bonds. The van der Waals surface area contributed by atoms with Gasteiger partial charge < -0.3 is 20.6 Å². The molecule has 3 atom stereocenters. The summed E-state index contributed by atoms with van der Waals surface area (Å²) in [5.41, 5.74) is 4.39. The number of hydrogen-bond donors (Lipinski definition) is 5. The second kappa shape index (κ2) is 16.4. The Morgan fingerprint density at radius 3 is 2.23 bits per heavy atom. The average molecular weight is 686 g/mol. The van der Waals surface area contributed by atoms with Crippen LogP contribution >= 0.6 is 10.6 Å². The molecule has 4 rings (SSSR count). The Morgan fingerprint density at radius 1 is 0.958 bits per heavy atom. The van der Waals surface area contributed by atoms with Crippen LogP contribution in [0.1, 0.15) is 101 Å². The first-order valence-electron chi connectivity index (χ1n) is 16.6. The Balaban J connectivity index is 1.59. The lowest BCUT2D eigenvalue weighted by molar-refractivity contribution is 0.0755. The number of benzene rings is 3. The van der Waals surface area contributed by atoms with Gasteiger partial charge in [0.1, 0.15) is 11.6 Å². The Kier molecular flexibility index (Phi) is 12.8. The molecule has 0 fully saturated rings. The molecule has 1 aliphatic rings. The topological polar surface area (TPSA) is 122 Å². The van der Waals surface area contributed by atoms with Crippen LogP contribution in [0.5, 0.6) is 0 Å². The molecule has 11 heteroatoms. The minimum atomic E-state index is -2.92. The van der Waals surface area contributed by atoms with Crippen molar-refractivity contribution in [3.05, 3.63) is 105 Å². The summed E-state index contributed by atoms with van der Waals surface area (Å²) in [4.78, 5) is 28.8. The number of amides is 2. The molecule has 48 heavy (non-hydrogen) atoms. The Bertz CT molecular complexity index is 1570. The molecule has 262 valence electrons. The summed E-state index contributed by atoms with van der Waals surface area (Å²) in [6.07, 6.45) is 0.263. The van der Waals surface area contributed by atoms with E-state index in [9.17, 15) is 32.6 Å². The van der Waals surface area contributed by atoms with E-state index in [-0.39, 0.29) is 47.4 Å². The zero-order valence-corrected chi connectivity index (χ0v) is 29.2. The summed E-state index contributed by atoms with van der Waals surface area (Å²) in [7, 11) is -2.92. The van der Waals surface area contributed by atoms with Gasteiger partial charge in [-0.15, -0.1) is 0 Å². The number of aliphatic hydroxyl groups excluding tert-OH is 1. The maximum absolute atomic E-state index is 14.2. The fourth-order valence-corrected chi connectivity index (χ4v) is 7.97. The number of halogens is 2. The quantitative estimate of drug-likeness (QED) is 0.125. The van der Waals surface area contributed by atoms with Crippen LogP contribution in [-0.4, -0.2) is 68.5 Å². The van der Waals surface area contributed by atoms with Crippen molar-refractivity contribution in [3.8, 4) is 0 Å². The fourth-order valence-electron chi connectivity index (χ4n) is 6.26. The number of hydrogen-bond acceptors (Lipinski definition) is 6. The highest BCUT2D eigenvalue weighted by atomic mass is 32.3. The number of carbonyl (C=O) groups is 2. The number of aliphatic hydroxyl groups is 1. The van der Waals surface area contributed by atoms with Gasteiger partial charge in [-0.2, -0.15) is 10.6 Å². The van der Waals surface area contributed by atoms with Crippen molar-refractivity contribution in [3.63, 3.8) is 0 Å². The molecule has 3 aromatic rings. The number of nitrogens with zero attached hydrogens (tertiary/aromatic N) is 1. The summed E-state index contributed by atoms with van der Waals surface area (Å²) in [6.45, 7) is 11.1. The maximum atomic E-state index is 14.2. The van der Waals surface area contributed by atoms with Gasteiger partial charge in [-0.05, 0) is 90.3 Å². The first-order valence-corrected chi connectivity index (χ1v) is 18.5. The Morgan fingerprint density at radius 2 is 1.60 bits per heavy atom. The fraction of sp³-hybridized carbons (Fsp3) is 0.459.